The van der Waals surface area contributed by atoms with E-state index in [9.17, 15) is 14.7 Å². The number of carboxylic acid groups (broad SMARTS) is 1. The fourth-order valence-electron chi connectivity index (χ4n) is 1.86. The van der Waals surface area contributed by atoms with Gasteiger partial charge in [-0.05, 0) is 33.7 Å². The Morgan fingerprint density at radius 3 is 2.12 bits per heavy atom. The van der Waals surface area contributed by atoms with Crippen LogP contribution in [0.5, 0.6) is 0 Å². The maximum Gasteiger partial charge on any atom is 0.329 e. The van der Waals surface area contributed by atoms with E-state index in [2.05, 4.69) is 10.6 Å². The Balaban J connectivity index is 2.78. The van der Waals surface area contributed by atoms with E-state index >= 15 is 0 Å². The quantitative estimate of drug-likeness (QED) is 0.654. The average Bonchev–Trinajstić information content (AvgIpc) is 2.67. The number of amides is 1. The van der Waals surface area contributed by atoms with Crippen molar-refractivity contribution in [2.24, 2.45) is 0 Å². The van der Waals surface area contributed by atoms with Crippen molar-refractivity contribution in [2.75, 3.05) is 7.05 Å². The van der Waals surface area contributed by atoms with Gasteiger partial charge in [0.25, 0.3) is 0 Å². The predicted molar refractivity (Wildman–Crippen MR) is 60.1 cm³/mol. The van der Waals surface area contributed by atoms with Crippen molar-refractivity contribution in [2.45, 2.75) is 50.6 Å². The second-order valence-electron chi connectivity index (χ2n) is 4.92. The molecule has 0 unspecified atom stereocenters. The van der Waals surface area contributed by atoms with E-state index in [0.29, 0.717) is 12.8 Å². The van der Waals surface area contributed by atoms with Gasteiger partial charge in [-0.1, -0.05) is 12.8 Å². The van der Waals surface area contributed by atoms with Crippen molar-refractivity contribution in [3.05, 3.63) is 0 Å². The van der Waals surface area contributed by atoms with Crippen LogP contribution in [-0.4, -0.2) is 35.1 Å². The largest absolute Gasteiger partial charge is 0.480 e. The van der Waals surface area contributed by atoms with Gasteiger partial charge in [0.15, 0.2) is 0 Å². The SMILES string of the molecule is CNC(C)(C)C(=O)NC1(C(=O)O)CCCC1. The van der Waals surface area contributed by atoms with Crippen molar-refractivity contribution >= 4 is 11.9 Å². The first-order valence-electron chi connectivity index (χ1n) is 5.59. The van der Waals surface area contributed by atoms with Gasteiger partial charge in [0.05, 0.1) is 5.54 Å². The standard InChI is InChI=1S/C11H20N2O3/c1-10(2,12-3)8(14)13-11(9(15)16)6-4-5-7-11/h12H,4-7H2,1-3H3,(H,13,14)(H,15,16). The van der Waals surface area contributed by atoms with Crippen LogP contribution in [0.15, 0.2) is 0 Å². The van der Waals surface area contributed by atoms with Gasteiger partial charge in [-0.25, -0.2) is 4.79 Å². The van der Waals surface area contributed by atoms with Crippen molar-refractivity contribution in [3.63, 3.8) is 0 Å². The van der Waals surface area contributed by atoms with Crippen LogP contribution < -0.4 is 10.6 Å². The summed E-state index contributed by atoms with van der Waals surface area (Å²) in [4.78, 5) is 23.2. The highest BCUT2D eigenvalue weighted by Crippen LogP contribution is 2.30. The summed E-state index contributed by atoms with van der Waals surface area (Å²) in [5.74, 6) is -1.19. The number of nitrogens with one attached hydrogen (secondary N) is 2. The van der Waals surface area contributed by atoms with Crippen LogP contribution in [0.2, 0.25) is 0 Å². The van der Waals surface area contributed by atoms with E-state index in [-0.39, 0.29) is 5.91 Å². The highest BCUT2D eigenvalue weighted by molar-refractivity contribution is 5.91. The van der Waals surface area contributed by atoms with Crippen LogP contribution in [0.4, 0.5) is 0 Å². The highest BCUT2D eigenvalue weighted by atomic mass is 16.4. The van der Waals surface area contributed by atoms with Crippen molar-refractivity contribution in [1.82, 2.24) is 10.6 Å². The Hall–Kier alpha value is -1.10. The van der Waals surface area contributed by atoms with Crippen LogP contribution in [-0.2, 0) is 9.59 Å². The summed E-state index contributed by atoms with van der Waals surface area (Å²) in [6.45, 7) is 3.46. The topological polar surface area (TPSA) is 78.4 Å². The van der Waals surface area contributed by atoms with Crippen LogP contribution in [0.1, 0.15) is 39.5 Å². The molecule has 1 aliphatic rings. The fourth-order valence-corrected chi connectivity index (χ4v) is 1.86. The van der Waals surface area contributed by atoms with E-state index < -0.39 is 17.0 Å². The molecule has 92 valence electrons. The van der Waals surface area contributed by atoms with Crippen LogP contribution in [0.3, 0.4) is 0 Å². The van der Waals surface area contributed by atoms with Gasteiger partial charge in [0.2, 0.25) is 5.91 Å². The zero-order valence-electron chi connectivity index (χ0n) is 10.1. The Kier molecular flexibility index (Phi) is 3.57. The van der Waals surface area contributed by atoms with Crippen molar-refractivity contribution in [1.29, 1.82) is 0 Å². The lowest BCUT2D eigenvalue weighted by Crippen LogP contribution is -2.60. The minimum Gasteiger partial charge on any atom is -0.480 e. The zero-order valence-corrected chi connectivity index (χ0v) is 10.1. The first kappa shape index (κ1) is 13.0. The molecule has 3 N–H and O–H groups in total. The number of carboxylic acids is 1. The Morgan fingerprint density at radius 2 is 1.75 bits per heavy atom. The van der Waals surface area contributed by atoms with Gasteiger partial charge in [0, 0.05) is 0 Å². The van der Waals surface area contributed by atoms with Gasteiger partial charge >= 0.3 is 5.97 Å². The monoisotopic (exact) mass is 228 g/mol. The maximum atomic E-state index is 11.9. The average molecular weight is 228 g/mol. The molecule has 0 saturated heterocycles. The molecule has 5 heteroatoms. The summed E-state index contributed by atoms with van der Waals surface area (Å²) in [7, 11) is 1.68. The van der Waals surface area contributed by atoms with E-state index in [1.54, 1.807) is 20.9 Å². The number of likely N-dealkylation sites (N-methyl/N-ethyl adjacent to an activating group) is 1. The molecule has 1 rings (SSSR count). The number of hydrogen-bond donors (Lipinski definition) is 3. The summed E-state index contributed by atoms with van der Waals surface area (Å²) >= 11 is 0. The predicted octanol–water partition coefficient (Wildman–Crippen LogP) is 0.498. The fraction of sp³-hybridized carbons (Fsp3) is 0.818. The normalized spacial score (nSPS) is 19.4. The Morgan fingerprint density at radius 1 is 1.25 bits per heavy atom. The number of hydrogen-bond acceptors (Lipinski definition) is 3. The van der Waals surface area contributed by atoms with Gasteiger partial charge in [-0.3, -0.25) is 4.79 Å². The summed E-state index contributed by atoms with van der Waals surface area (Å²) in [5, 5.41) is 14.8. The van der Waals surface area contributed by atoms with Crippen LogP contribution in [0.25, 0.3) is 0 Å². The molecule has 0 aromatic carbocycles. The molecule has 0 radical (unpaired) electrons. The molecule has 5 nitrogen and oxygen atoms in total. The molecule has 1 aliphatic carbocycles. The molecule has 0 aromatic rings. The molecule has 1 amide bonds. The van der Waals surface area contributed by atoms with Gasteiger partial charge in [0.1, 0.15) is 5.54 Å². The van der Waals surface area contributed by atoms with Gasteiger partial charge < -0.3 is 15.7 Å². The molecular weight excluding hydrogens is 208 g/mol. The van der Waals surface area contributed by atoms with Crippen LogP contribution in [0, 0.1) is 0 Å². The number of carbonyl (C=O) groups is 2. The van der Waals surface area contributed by atoms with Gasteiger partial charge in [-0.15, -0.1) is 0 Å². The van der Waals surface area contributed by atoms with Gasteiger partial charge in [-0.2, -0.15) is 0 Å². The third-order valence-electron chi connectivity index (χ3n) is 3.41. The highest BCUT2D eigenvalue weighted by Gasteiger charge is 2.44. The summed E-state index contributed by atoms with van der Waals surface area (Å²) in [6, 6.07) is 0. The van der Waals surface area contributed by atoms with E-state index in [4.69, 9.17) is 0 Å². The molecule has 0 aliphatic heterocycles. The number of carbonyl (C=O) groups excluding carboxylic acids is 1. The lowest BCUT2D eigenvalue weighted by Gasteiger charge is -2.31. The first-order valence-corrected chi connectivity index (χ1v) is 5.59. The molecule has 0 bridgehead atoms. The second-order valence-corrected chi connectivity index (χ2v) is 4.92. The summed E-state index contributed by atoms with van der Waals surface area (Å²) < 4.78 is 0. The molecule has 1 saturated carbocycles. The lowest BCUT2D eigenvalue weighted by molar-refractivity contribution is -0.148. The summed E-state index contributed by atoms with van der Waals surface area (Å²) in [5.41, 5.74) is -1.80. The van der Waals surface area contributed by atoms with Crippen LogP contribution >= 0.6 is 0 Å². The molecule has 1 fully saturated rings. The zero-order chi connectivity index (χ0) is 12.4. The molecule has 0 heterocycles. The molecule has 0 spiro atoms. The molecule has 16 heavy (non-hydrogen) atoms. The van der Waals surface area contributed by atoms with Crippen molar-refractivity contribution < 1.29 is 14.7 Å². The summed E-state index contributed by atoms with van der Waals surface area (Å²) in [6.07, 6.45) is 2.75. The second kappa shape index (κ2) is 4.41. The smallest absolute Gasteiger partial charge is 0.329 e. The number of aliphatic carboxylic acids is 1. The molecule has 0 aromatic heterocycles. The minimum absolute atomic E-state index is 0.265. The van der Waals surface area contributed by atoms with E-state index in [0.717, 1.165) is 12.8 Å². The Labute approximate surface area is 95.6 Å². The third kappa shape index (κ3) is 2.35. The number of rotatable bonds is 4. The Bertz CT molecular complexity index is 294. The molecular formula is C11H20N2O3. The third-order valence-corrected chi connectivity index (χ3v) is 3.41. The minimum atomic E-state index is -1.05. The van der Waals surface area contributed by atoms with E-state index in [1.807, 2.05) is 0 Å². The lowest BCUT2D eigenvalue weighted by atomic mass is 9.95. The van der Waals surface area contributed by atoms with E-state index in [1.165, 1.54) is 0 Å². The first-order chi connectivity index (χ1) is 7.34. The molecule has 0 atom stereocenters. The maximum absolute atomic E-state index is 11.9. The van der Waals surface area contributed by atoms with Crippen molar-refractivity contribution in [3.8, 4) is 0 Å².